The second-order valence-corrected chi connectivity index (χ2v) is 6.16. The summed E-state index contributed by atoms with van der Waals surface area (Å²) in [7, 11) is 0. The fourth-order valence-corrected chi connectivity index (χ4v) is 3.10. The summed E-state index contributed by atoms with van der Waals surface area (Å²) < 4.78 is 14.6. The first-order valence-corrected chi connectivity index (χ1v) is 8.09. The van der Waals surface area contributed by atoms with Gasteiger partial charge in [-0.05, 0) is 31.2 Å². The van der Waals surface area contributed by atoms with Crippen LogP contribution in [0, 0.1) is 12.7 Å². The summed E-state index contributed by atoms with van der Waals surface area (Å²) in [5.74, 6) is -0.0204. The smallest absolute Gasteiger partial charge is 0.164 e. The van der Waals surface area contributed by atoms with Crippen LogP contribution in [0.5, 0.6) is 0 Å². The molecule has 3 rings (SSSR count). The van der Waals surface area contributed by atoms with E-state index in [4.69, 9.17) is 17.3 Å². The molecule has 2 heterocycles. The first-order chi connectivity index (χ1) is 11.5. The third-order valence-corrected chi connectivity index (χ3v) is 4.82. The molecule has 2 N–H and O–H groups in total. The van der Waals surface area contributed by atoms with Crippen molar-refractivity contribution in [3.8, 4) is 0 Å². The normalized spacial score (nSPS) is 17.0. The lowest BCUT2D eigenvalue weighted by Crippen LogP contribution is -2.49. The number of piperazine rings is 1. The van der Waals surface area contributed by atoms with Crippen LogP contribution in [0.1, 0.15) is 11.9 Å². The number of carbonyl (C=O) groups is 1. The van der Waals surface area contributed by atoms with Crippen LogP contribution in [0.15, 0.2) is 24.3 Å². The first kappa shape index (κ1) is 16.7. The Morgan fingerprint density at radius 2 is 1.88 bits per heavy atom. The number of halogens is 2. The van der Waals surface area contributed by atoms with Gasteiger partial charge in [-0.15, -0.1) is 0 Å². The summed E-state index contributed by atoms with van der Waals surface area (Å²) in [4.78, 5) is 15.8. The van der Waals surface area contributed by atoms with Crippen molar-refractivity contribution in [2.24, 2.45) is 0 Å². The van der Waals surface area contributed by atoms with Crippen molar-refractivity contribution in [2.75, 3.05) is 36.8 Å². The fourth-order valence-electron chi connectivity index (χ4n) is 2.97. The van der Waals surface area contributed by atoms with Gasteiger partial charge in [0.05, 0.1) is 5.69 Å². The number of carbonyl (C=O) groups excluding carboxylic acids is 1. The molecule has 0 amide bonds. The van der Waals surface area contributed by atoms with Crippen LogP contribution >= 0.6 is 11.6 Å². The van der Waals surface area contributed by atoms with Crippen molar-refractivity contribution < 1.29 is 9.18 Å². The van der Waals surface area contributed by atoms with Gasteiger partial charge in [0.1, 0.15) is 10.8 Å². The highest BCUT2D eigenvalue weighted by Crippen LogP contribution is 2.26. The lowest BCUT2D eigenvalue weighted by molar-refractivity contribution is -0.116. The Kier molecular flexibility index (Phi) is 4.73. The zero-order valence-electron chi connectivity index (χ0n) is 13.3. The summed E-state index contributed by atoms with van der Waals surface area (Å²) in [5.41, 5.74) is 7.38. The average Bonchev–Trinajstić information content (AvgIpc) is 2.85. The van der Waals surface area contributed by atoms with Gasteiger partial charge in [0.2, 0.25) is 0 Å². The number of aromatic nitrogens is 2. The number of anilines is 2. The van der Waals surface area contributed by atoms with E-state index in [1.165, 1.54) is 12.1 Å². The molecule has 0 aliphatic carbocycles. The van der Waals surface area contributed by atoms with Gasteiger partial charge in [-0.1, -0.05) is 11.6 Å². The highest BCUT2D eigenvalue weighted by molar-refractivity contribution is 6.33. The number of nitrogens with two attached hydrogens (primary N) is 1. The Morgan fingerprint density at radius 3 is 2.38 bits per heavy atom. The molecule has 0 radical (unpaired) electrons. The van der Waals surface area contributed by atoms with Gasteiger partial charge in [-0.3, -0.25) is 9.69 Å². The predicted molar refractivity (Wildman–Crippen MR) is 91.7 cm³/mol. The Balaban J connectivity index is 1.71. The van der Waals surface area contributed by atoms with E-state index in [9.17, 15) is 9.18 Å². The summed E-state index contributed by atoms with van der Waals surface area (Å²) in [6.45, 7) is 4.62. The molecular weight excluding hydrogens is 333 g/mol. The molecule has 8 heteroatoms. The van der Waals surface area contributed by atoms with E-state index in [1.54, 1.807) is 23.7 Å². The maximum Gasteiger partial charge on any atom is 0.164 e. The van der Waals surface area contributed by atoms with Crippen LogP contribution in [-0.2, 0) is 4.79 Å². The summed E-state index contributed by atoms with van der Waals surface area (Å²) in [5, 5.41) is 4.56. The van der Waals surface area contributed by atoms with Crippen LogP contribution < -0.4 is 10.6 Å². The monoisotopic (exact) mass is 351 g/mol. The molecule has 1 fully saturated rings. The molecule has 128 valence electrons. The minimum absolute atomic E-state index is 0.228. The highest BCUT2D eigenvalue weighted by Gasteiger charge is 2.27. The standard InChI is InChI=1S/C16H19ClFN5O/c1-11-15(17)16(19)20-23(11)14(10-24)22-8-6-21(7-9-22)13-4-2-12(18)3-5-13/h2-5,10,14H,6-9H2,1H3,(H2,19,20). The Morgan fingerprint density at radius 1 is 1.25 bits per heavy atom. The van der Waals surface area contributed by atoms with E-state index < -0.39 is 6.17 Å². The largest absolute Gasteiger partial charge is 0.381 e. The van der Waals surface area contributed by atoms with Crippen LogP contribution in [0.2, 0.25) is 5.02 Å². The van der Waals surface area contributed by atoms with E-state index in [1.807, 2.05) is 4.90 Å². The minimum Gasteiger partial charge on any atom is -0.381 e. The molecular formula is C16H19ClFN5O. The zero-order chi connectivity index (χ0) is 17.3. The van der Waals surface area contributed by atoms with Gasteiger partial charge in [0.15, 0.2) is 18.3 Å². The average molecular weight is 352 g/mol. The number of benzene rings is 1. The van der Waals surface area contributed by atoms with E-state index in [0.717, 1.165) is 25.1 Å². The maximum atomic E-state index is 13.0. The number of aldehydes is 1. The molecule has 0 spiro atoms. The van der Waals surface area contributed by atoms with Crippen molar-refractivity contribution in [1.29, 1.82) is 0 Å². The lowest BCUT2D eigenvalue weighted by Gasteiger charge is -2.38. The van der Waals surface area contributed by atoms with Crippen molar-refractivity contribution in [1.82, 2.24) is 14.7 Å². The van der Waals surface area contributed by atoms with Crippen LogP contribution in [-0.4, -0.2) is 47.1 Å². The van der Waals surface area contributed by atoms with Crippen LogP contribution in [0.3, 0.4) is 0 Å². The molecule has 1 aliphatic rings. The number of rotatable bonds is 4. The Hall–Kier alpha value is -2.12. The van der Waals surface area contributed by atoms with Gasteiger partial charge in [0, 0.05) is 31.9 Å². The van der Waals surface area contributed by atoms with E-state index in [2.05, 4.69) is 10.00 Å². The van der Waals surface area contributed by atoms with Crippen LogP contribution in [0.25, 0.3) is 0 Å². The molecule has 1 aromatic heterocycles. The third kappa shape index (κ3) is 3.09. The predicted octanol–water partition coefficient (Wildman–Crippen LogP) is 2.09. The Bertz CT molecular complexity index is 725. The van der Waals surface area contributed by atoms with Crippen molar-refractivity contribution >= 4 is 29.4 Å². The number of nitrogens with zero attached hydrogens (tertiary/aromatic N) is 4. The summed E-state index contributed by atoms with van der Waals surface area (Å²) >= 11 is 6.07. The zero-order valence-corrected chi connectivity index (χ0v) is 14.1. The van der Waals surface area contributed by atoms with Crippen LogP contribution in [0.4, 0.5) is 15.9 Å². The molecule has 6 nitrogen and oxygen atoms in total. The fraction of sp³-hybridized carbons (Fsp3) is 0.375. The molecule has 1 aliphatic heterocycles. The van der Waals surface area contributed by atoms with Gasteiger partial charge in [-0.2, -0.15) is 5.10 Å². The molecule has 1 aromatic carbocycles. The van der Waals surface area contributed by atoms with Gasteiger partial charge in [0.25, 0.3) is 0 Å². The second kappa shape index (κ2) is 6.78. The summed E-state index contributed by atoms with van der Waals surface area (Å²) in [6, 6.07) is 6.43. The van der Waals surface area contributed by atoms with E-state index >= 15 is 0 Å². The molecule has 24 heavy (non-hydrogen) atoms. The quantitative estimate of drug-likeness (QED) is 0.854. The van der Waals surface area contributed by atoms with Crippen molar-refractivity contribution in [3.63, 3.8) is 0 Å². The highest BCUT2D eigenvalue weighted by atomic mass is 35.5. The summed E-state index contributed by atoms with van der Waals surface area (Å²) in [6.07, 6.45) is 0.318. The van der Waals surface area contributed by atoms with Gasteiger partial charge >= 0.3 is 0 Å². The van der Waals surface area contributed by atoms with Crippen molar-refractivity contribution in [2.45, 2.75) is 13.1 Å². The molecule has 0 bridgehead atoms. The van der Waals surface area contributed by atoms with Crippen molar-refractivity contribution in [3.05, 3.63) is 40.8 Å². The Labute approximate surface area is 144 Å². The number of nitrogen functional groups attached to an aromatic ring is 1. The van der Waals surface area contributed by atoms with E-state index in [0.29, 0.717) is 23.8 Å². The third-order valence-electron chi connectivity index (χ3n) is 4.35. The minimum atomic E-state index is -0.532. The van der Waals surface area contributed by atoms with Gasteiger partial charge < -0.3 is 10.6 Å². The van der Waals surface area contributed by atoms with E-state index in [-0.39, 0.29) is 11.6 Å². The molecule has 0 saturated carbocycles. The lowest BCUT2D eigenvalue weighted by atomic mass is 10.2. The topological polar surface area (TPSA) is 67.4 Å². The SMILES string of the molecule is Cc1c(Cl)c(N)nn1C(C=O)N1CCN(c2ccc(F)cc2)CC1. The maximum absolute atomic E-state index is 13.0. The first-order valence-electron chi connectivity index (χ1n) is 7.71. The second-order valence-electron chi connectivity index (χ2n) is 5.78. The molecule has 2 aromatic rings. The number of hydrogen-bond donors (Lipinski definition) is 1. The molecule has 1 unspecified atom stereocenters. The number of hydrogen-bond acceptors (Lipinski definition) is 5. The van der Waals surface area contributed by atoms with Gasteiger partial charge in [-0.25, -0.2) is 9.07 Å². The molecule has 1 saturated heterocycles. The molecule has 1 atom stereocenters.